The molecular formula is C15H19NO4. The second-order valence-corrected chi connectivity index (χ2v) is 5.72. The number of fused-ring (bicyclic) bond motifs is 1. The van der Waals surface area contributed by atoms with Crippen LogP contribution in [-0.4, -0.2) is 30.8 Å². The molecule has 0 N–H and O–H groups in total. The zero-order chi connectivity index (χ0) is 14.9. The molecule has 0 aromatic heterocycles. The molecule has 108 valence electrons. The van der Waals surface area contributed by atoms with E-state index in [1.165, 1.54) is 12.0 Å². The highest BCUT2D eigenvalue weighted by Crippen LogP contribution is 2.33. The van der Waals surface area contributed by atoms with E-state index in [0.717, 1.165) is 5.56 Å². The summed E-state index contributed by atoms with van der Waals surface area (Å²) >= 11 is 0. The summed E-state index contributed by atoms with van der Waals surface area (Å²) in [6.07, 6.45) is -0.0833. The highest BCUT2D eigenvalue weighted by Gasteiger charge is 2.40. The maximum atomic E-state index is 12.4. The number of nitrogens with zero attached hydrogens (tertiary/aromatic N) is 1. The largest absolute Gasteiger partial charge is 0.467 e. The lowest BCUT2D eigenvalue weighted by Gasteiger charge is -2.27. The molecule has 0 radical (unpaired) electrons. The zero-order valence-electron chi connectivity index (χ0n) is 12.2. The first-order valence-corrected chi connectivity index (χ1v) is 6.51. The van der Waals surface area contributed by atoms with Gasteiger partial charge in [-0.05, 0) is 32.4 Å². The van der Waals surface area contributed by atoms with Gasteiger partial charge in [0.15, 0.2) is 0 Å². The highest BCUT2D eigenvalue weighted by atomic mass is 16.6. The normalized spacial score (nSPS) is 17.6. The summed E-state index contributed by atoms with van der Waals surface area (Å²) in [7, 11) is 1.32. The summed E-state index contributed by atoms with van der Waals surface area (Å²) in [4.78, 5) is 25.6. The predicted molar refractivity (Wildman–Crippen MR) is 74.7 cm³/mol. The molecule has 5 heteroatoms. The molecule has 5 nitrogen and oxygen atoms in total. The van der Waals surface area contributed by atoms with Gasteiger partial charge in [-0.2, -0.15) is 0 Å². The van der Waals surface area contributed by atoms with Gasteiger partial charge in [0.25, 0.3) is 0 Å². The molecule has 2 rings (SSSR count). The third-order valence-electron chi connectivity index (χ3n) is 3.04. The quantitative estimate of drug-likeness (QED) is 0.740. The van der Waals surface area contributed by atoms with Crippen molar-refractivity contribution in [2.24, 2.45) is 0 Å². The van der Waals surface area contributed by atoms with Crippen LogP contribution in [0, 0.1) is 0 Å². The van der Waals surface area contributed by atoms with E-state index in [-0.39, 0.29) is 0 Å². The Morgan fingerprint density at radius 3 is 2.50 bits per heavy atom. The average molecular weight is 277 g/mol. The zero-order valence-corrected chi connectivity index (χ0v) is 12.2. The second kappa shape index (κ2) is 5.15. The molecule has 1 heterocycles. The van der Waals surface area contributed by atoms with Gasteiger partial charge < -0.3 is 9.47 Å². The Kier molecular flexibility index (Phi) is 3.70. The minimum absolute atomic E-state index is 0.438. The number of carbonyl (C=O) groups excluding carboxylic acids is 2. The molecule has 0 spiro atoms. The molecule has 20 heavy (non-hydrogen) atoms. The number of amides is 1. The Labute approximate surface area is 118 Å². The summed E-state index contributed by atoms with van der Waals surface area (Å²) in [5.74, 6) is -0.438. The van der Waals surface area contributed by atoms with E-state index >= 15 is 0 Å². The van der Waals surface area contributed by atoms with Gasteiger partial charge in [0.2, 0.25) is 0 Å². The monoisotopic (exact) mass is 277 g/mol. The molecule has 1 aliphatic heterocycles. The number of rotatable bonds is 1. The standard InChI is InChI=1S/C15H19NO4/c1-15(2,3)20-14(18)16-11-8-6-5-7-10(11)9-12(16)13(17)19-4/h5-8,12H,9H2,1-4H3. The van der Waals surface area contributed by atoms with Gasteiger partial charge in [0.1, 0.15) is 11.6 Å². The van der Waals surface area contributed by atoms with Crippen LogP contribution in [0.4, 0.5) is 10.5 Å². The minimum Gasteiger partial charge on any atom is -0.467 e. The Balaban J connectivity index is 2.34. The Bertz CT molecular complexity index is 533. The SMILES string of the molecule is COC(=O)C1Cc2ccccc2N1C(=O)OC(C)(C)C. The molecule has 1 aliphatic rings. The molecule has 0 fully saturated rings. The van der Waals surface area contributed by atoms with Crippen LogP contribution in [0.2, 0.25) is 0 Å². The van der Waals surface area contributed by atoms with Gasteiger partial charge >= 0.3 is 12.1 Å². The summed E-state index contributed by atoms with van der Waals surface area (Å²) in [5, 5.41) is 0. The first kappa shape index (κ1) is 14.4. The van der Waals surface area contributed by atoms with Crippen LogP contribution in [0.5, 0.6) is 0 Å². The van der Waals surface area contributed by atoms with Crippen LogP contribution in [0.3, 0.4) is 0 Å². The second-order valence-electron chi connectivity index (χ2n) is 5.72. The first-order valence-electron chi connectivity index (χ1n) is 6.51. The smallest absolute Gasteiger partial charge is 0.415 e. The topological polar surface area (TPSA) is 55.8 Å². The van der Waals surface area contributed by atoms with Gasteiger partial charge in [-0.25, -0.2) is 9.59 Å². The van der Waals surface area contributed by atoms with Crippen molar-refractivity contribution in [3.8, 4) is 0 Å². The van der Waals surface area contributed by atoms with Crippen molar-refractivity contribution < 1.29 is 19.1 Å². The molecule has 1 unspecified atom stereocenters. The van der Waals surface area contributed by atoms with E-state index in [0.29, 0.717) is 12.1 Å². The molecule has 1 amide bonds. The Morgan fingerprint density at radius 1 is 1.25 bits per heavy atom. The molecule has 0 saturated heterocycles. The van der Waals surface area contributed by atoms with Crippen LogP contribution in [0.25, 0.3) is 0 Å². The molecule has 0 saturated carbocycles. The van der Waals surface area contributed by atoms with Crippen LogP contribution >= 0.6 is 0 Å². The number of hydrogen-bond donors (Lipinski definition) is 0. The molecule has 1 atom stereocenters. The van der Waals surface area contributed by atoms with Crippen molar-refractivity contribution >= 4 is 17.7 Å². The summed E-state index contributed by atoms with van der Waals surface area (Å²) < 4.78 is 10.2. The van der Waals surface area contributed by atoms with Gasteiger partial charge in [-0.1, -0.05) is 18.2 Å². The van der Waals surface area contributed by atoms with Crippen LogP contribution in [0.1, 0.15) is 26.3 Å². The van der Waals surface area contributed by atoms with Crippen molar-refractivity contribution in [2.45, 2.75) is 38.8 Å². The van der Waals surface area contributed by atoms with Crippen LogP contribution < -0.4 is 4.90 Å². The molecular weight excluding hydrogens is 258 g/mol. The molecule has 0 aliphatic carbocycles. The summed E-state index contributed by atoms with van der Waals surface area (Å²) in [6, 6.07) is 6.76. The van der Waals surface area contributed by atoms with E-state index in [1.54, 1.807) is 20.8 Å². The number of carbonyl (C=O) groups is 2. The fourth-order valence-corrected chi connectivity index (χ4v) is 2.25. The first-order chi connectivity index (χ1) is 9.33. The summed E-state index contributed by atoms with van der Waals surface area (Å²) in [5.41, 5.74) is 1.03. The minimum atomic E-state index is -0.660. The van der Waals surface area contributed by atoms with Crippen molar-refractivity contribution in [1.82, 2.24) is 0 Å². The summed E-state index contributed by atoms with van der Waals surface area (Å²) in [6.45, 7) is 5.38. The van der Waals surface area contributed by atoms with E-state index in [9.17, 15) is 9.59 Å². The van der Waals surface area contributed by atoms with Crippen molar-refractivity contribution in [3.63, 3.8) is 0 Å². The van der Waals surface area contributed by atoms with Crippen LogP contribution in [-0.2, 0) is 20.7 Å². The van der Waals surface area contributed by atoms with Crippen molar-refractivity contribution in [2.75, 3.05) is 12.0 Å². The highest BCUT2D eigenvalue weighted by molar-refractivity contribution is 5.99. The maximum absolute atomic E-state index is 12.4. The van der Waals surface area contributed by atoms with E-state index in [2.05, 4.69) is 0 Å². The lowest BCUT2D eigenvalue weighted by Crippen LogP contribution is -2.45. The molecule has 1 aromatic carbocycles. The fraction of sp³-hybridized carbons (Fsp3) is 0.467. The average Bonchev–Trinajstić information content (AvgIpc) is 2.75. The number of hydrogen-bond acceptors (Lipinski definition) is 4. The van der Waals surface area contributed by atoms with Crippen molar-refractivity contribution in [3.05, 3.63) is 29.8 Å². The van der Waals surface area contributed by atoms with Gasteiger partial charge in [0, 0.05) is 6.42 Å². The number of esters is 1. The van der Waals surface area contributed by atoms with Gasteiger partial charge in [-0.3, -0.25) is 4.90 Å². The van der Waals surface area contributed by atoms with E-state index in [1.807, 2.05) is 24.3 Å². The lowest BCUT2D eigenvalue weighted by molar-refractivity contribution is -0.142. The molecule has 1 aromatic rings. The lowest BCUT2D eigenvalue weighted by atomic mass is 10.1. The third-order valence-corrected chi connectivity index (χ3v) is 3.04. The van der Waals surface area contributed by atoms with E-state index in [4.69, 9.17) is 9.47 Å². The predicted octanol–water partition coefficient (Wildman–Crippen LogP) is 2.53. The van der Waals surface area contributed by atoms with Crippen molar-refractivity contribution in [1.29, 1.82) is 0 Å². The van der Waals surface area contributed by atoms with Gasteiger partial charge in [-0.15, -0.1) is 0 Å². The maximum Gasteiger partial charge on any atom is 0.415 e. The van der Waals surface area contributed by atoms with Gasteiger partial charge in [0.05, 0.1) is 12.8 Å². The number of para-hydroxylation sites is 1. The molecule has 0 bridgehead atoms. The third kappa shape index (κ3) is 2.76. The fourth-order valence-electron chi connectivity index (χ4n) is 2.25. The Morgan fingerprint density at radius 2 is 1.90 bits per heavy atom. The number of anilines is 1. The van der Waals surface area contributed by atoms with E-state index < -0.39 is 23.7 Å². The Hall–Kier alpha value is -2.04. The number of benzene rings is 1. The number of methoxy groups -OCH3 is 1. The number of ether oxygens (including phenoxy) is 2. The van der Waals surface area contributed by atoms with Crippen LogP contribution in [0.15, 0.2) is 24.3 Å².